The highest BCUT2D eigenvalue weighted by atomic mass is 16.4. The van der Waals surface area contributed by atoms with E-state index in [-0.39, 0.29) is 11.1 Å². The van der Waals surface area contributed by atoms with Crippen LogP contribution in [0, 0.1) is 20.8 Å². The molecule has 0 amide bonds. The van der Waals surface area contributed by atoms with Crippen LogP contribution in [0.1, 0.15) is 60.6 Å². The molecular weight excluding hydrogens is 460 g/mol. The van der Waals surface area contributed by atoms with Crippen LogP contribution in [0.4, 0.5) is 0 Å². The van der Waals surface area contributed by atoms with Crippen LogP contribution in [0.2, 0.25) is 0 Å². The molecule has 2 heterocycles. The third-order valence-electron chi connectivity index (χ3n) is 6.51. The van der Waals surface area contributed by atoms with Crippen LogP contribution in [-0.4, -0.2) is 62.3 Å². The molecule has 8 heteroatoms. The molecule has 1 aliphatic rings. The number of carbonyl (C=O) groups is 3. The van der Waals surface area contributed by atoms with E-state index in [9.17, 15) is 24.6 Å². The van der Waals surface area contributed by atoms with Crippen molar-refractivity contribution in [3.63, 3.8) is 0 Å². The van der Waals surface area contributed by atoms with Crippen LogP contribution in [0.3, 0.4) is 0 Å². The molecule has 36 heavy (non-hydrogen) atoms. The van der Waals surface area contributed by atoms with Crippen LogP contribution in [0.5, 0.6) is 0 Å². The van der Waals surface area contributed by atoms with E-state index in [4.69, 9.17) is 5.11 Å². The number of rotatable bonds is 7. The number of likely N-dealkylation sites (tertiary alicyclic amines) is 1. The molecule has 190 valence electrons. The summed E-state index contributed by atoms with van der Waals surface area (Å²) in [6.07, 6.45) is 6.12. The van der Waals surface area contributed by atoms with Crippen LogP contribution in [0.25, 0.3) is 11.1 Å². The van der Waals surface area contributed by atoms with Crippen LogP contribution < -0.4 is 0 Å². The minimum Gasteiger partial charge on any atom is -0.478 e. The average Bonchev–Trinajstić information content (AvgIpc) is 3.51. The van der Waals surface area contributed by atoms with Crippen molar-refractivity contribution in [2.45, 2.75) is 40.2 Å². The Morgan fingerprint density at radius 2 is 1.42 bits per heavy atom. The van der Waals surface area contributed by atoms with E-state index in [0.29, 0.717) is 16.7 Å². The largest absolute Gasteiger partial charge is 0.478 e. The summed E-state index contributed by atoms with van der Waals surface area (Å²) < 4.78 is 1.95. The second-order valence-electron chi connectivity index (χ2n) is 9.07. The van der Waals surface area contributed by atoms with Gasteiger partial charge in [-0.3, -0.25) is 0 Å². The zero-order valence-electron chi connectivity index (χ0n) is 20.8. The normalized spacial score (nSPS) is 13.2. The monoisotopic (exact) mass is 492 g/mol. The minimum absolute atomic E-state index is 0.0179. The van der Waals surface area contributed by atoms with E-state index < -0.39 is 17.9 Å². The minimum atomic E-state index is -1.13. The molecule has 3 N–H and O–H groups in total. The van der Waals surface area contributed by atoms with E-state index >= 15 is 0 Å². The zero-order chi connectivity index (χ0) is 26.4. The summed E-state index contributed by atoms with van der Waals surface area (Å²) in [6, 6.07) is 10.2. The van der Waals surface area contributed by atoms with Gasteiger partial charge in [-0.15, -0.1) is 0 Å². The Hall–Kier alpha value is -3.91. The highest BCUT2D eigenvalue weighted by Gasteiger charge is 2.19. The lowest BCUT2D eigenvalue weighted by Gasteiger charge is -2.15. The summed E-state index contributed by atoms with van der Waals surface area (Å²) in [6.45, 7) is 9.84. The van der Waals surface area contributed by atoms with Gasteiger partial charge in [0.05, 0.1) is 16.7 Å². The topological polar surface area (TPSA) is 120 Å². The lowest BCUT2D eigenvalue weighted by Crippen LogP contribution is -2.23. The van der Waals surface area contributed by atoms with Gasteiger partial charge in [0.15, 0.2) is 0 Å². The molecule has 1 saturated heterocycles. The summed E-state index contributed by atoms with van der Waals surface area (Å²) in [5, 5.41) is 27.2. The highest BCUT2D eigenvalue weighted by molar-refractivity contribution is 5.98. The second-order valence-corrected chi connectivity index (χ2v) is 9.07. The maximum absolute atomic E-state index is 11.4. The van der Waals surface area contributed by atoms with Crippen molar-refractivity contribution >= 4 is 17.9 Å². The fraction of sp³-hybridized carbons (Fsp3) is 0.321. The Labute approximate surface area is 210 Å². The number of aromatic nitrogens is 1. The van der Waals surface area contributed by atoms with E-state index in [0.717, 1.165) is 29.8 Å². The number of carboxylic acid groups (broad SMARTS) is 3. The number of benzene rings is 2. The van der Waals surface area contributed by atoms with Crippen LogP contribution in [-0.2, 0) is 6.54 Å². The third-order valence-corrected chi connectivity index (χ3v) is 6.51. The molecule has 0 spiro atoms. The fourth-order valence-corrected chi connectivity index (χ4v) is 4.53. The van der Waals surface area contributed by atoms with Gasteiger partial charge in [0.25, 0.3) is 0 Å². The van der Waals surface area contributed by atoms with Gasteiger partial charge in [0, 0.05) is 25.5 Å². The quantitative estimate of drug-likeness (QED) is 0.426. The molecule has 0 bridgehead atoms. The van der Waals surface area contributed by atoms with E-state index in [2.05, 4.69) is 4.90 Å². The predicted octanol–water partition coefficient (Wildman–Crippen LogP) is 4.96. The van der Waals surface area contributed by atoms with E-state index in [1.54, 1.807) is 25.3 Å². The summed E-state index contributed by atoms with van der Waals surface area (Å²) in [7, 11) is 0. The number of hydrogen-bond donors (Lipinski definition) is 3. The molecule has 3 aromatic rings. The maximum Gasteiger partial charge on any atom is 0.337 e. The van der Waals surface area contributed by atoms with Crippen molar-refractivity contribution in [2.75, 3.05) is 19.6 Å². The third kappa shape index (κ3) is 6.40. The lowest BCUT2D eigenvalue weighted by molar-refractivity contribution is 0.0682. The van der Waals surface area contributed by atoms with Crippen molar-refractivity contribution < 1.29 is 29.7 Å². The van der Waals surface area contributed by atoms with Gasteiger partial charge in [0.2, 0.25) is 0 Å². The Bertz CT molecular complexity index is 1250. The van der Waals surface area contributed by atoms with Crippen molar-refractivity contribution in [1.29, 1.82) is 0 Å². The van der Waals surface area contributed by atoms with E-state index in [1.807, 2.05) is 42.8 Å². The fourth-order valence-electron chi connectivity index (χ4n) is 4.53. The first-order valence-corrected chi connectivity index (χ1v) is 11.9. The molecule has 0 aliphatic carbocycles. The Balaban J connectivity index is 0.000000212. The molecule has 1 aliphatic heterocycles. The molecule has 1 aromatic heterocycles. The summed E-state index contributed by atoms with van der Waals surface area (Å²) in [5.74, 6) is -3.11. The van der Waals surface area contributed by atoms with E-state index in [1.165, 1.54) is 32.0 Å². The Morgan fingerprint density at radius 1 is 0.806 bits per heavy atom. The SMILES string of the molecule is Cc1cccc(C)c1-c1cc(C(=O)O)cc(C(=O)O)c1C.O=C(O)c1ccn(CCN2CCCC2)c1. The molecule has 4 rings (SSSR count). The molecule has 0 unspecified atom stereocenters. The zero-order valence-corrected chi connectivity index (χ0v) is 20.8. The first kappa shape index (κ1) is 26.7. The Morgan fingerprint density at radius 3 is 1.94 bits per heavy atom. The summed E-state index contributed by atoms with van der Waals surface area (Å²) in [5.41, 5.74) is 4.46. The van der Waals surface area contributed by atoms with Gasteiger partial charge in [-0.05, 0) is 92.7 Å². The molecule has 8 nitrogen and oxygen atoms in total. The van der Waals surface area contributed by atoms with Crippen molar-refractivity contribution in [2.24, 2.45) is 0 Å². The second kappa shape index (κ2) is 11.7. The Kier molecular flexibility index (Phi) is 8.66. The number of carboxylic acids is 3. The van der Waals surface area contributed by atoms with Gasteiger partial charge in [-0.25, -0.2) is 14.4 Å². The standard InChI is InChI=1S/C17H16O4.C11H16N2O2/c1-9-5-4-6-10(2)15(9)13-7-12(16(18)19)8-14(11(13)3)17(20)21;14-11(15)10-3-6-13(9-10)8-7-12-4-1-2-5-12/h4-8H,1-3H3,(H,18,19)(H,20,21);3,6,9H,1-2,4-5,7-8H2,(H,14,15). The first-order valence-electron chi connectivity index (χ1n) is 11.9. The van der Waals surface area contributed by atoms with Gasteiger partial charge in [-0.1, -0.05) is 18.2 Å². The molecule has 2 aromatic carbocycles. The molecule has 1 fully saturated rings. The summed E-state index contributed by atoms with van der Waals surface area (Å²) >= 11 is 0. The molecule has 0 atom stereocenters. The maximum atomic E-state index is 11.4. The van der Waals surface area contributed by atoms with Crippen molar-refractivity contribution in [1.82, 2.24) is 9.47 Å². The number of hydrogen-bond acceptors (Lipinski definition) is 4. The number of aromatic carboxylic acids is 3. The molecular formula is C28H32N2O6. The van der Waals surface area contributed by atoms with Gasteiger partial charge in [0.1, 0.15) is 0 Å². The first-order chi connectivity index (χ1) is 17.1. The van der Waals surface area contributed by atoms with Gasteiger partial charge < -0.3 is 24.8 Å². The van der Waals surface area contributed by atoms with Gasteiger partial charge >= 0.3 is 17.9 Å². The number of nitrogens with zero attached hydrogens (tertiary/aromatic N) is 2. The van der Waals surface area contributed by atoms with Crippen molar-refractivity contribution in [3.8, 4) is 11.1 Å². The lowest BCUT2D eigenvalue weighted by atomic mass is 9.89. The summed E-state index contributed by atoms with van der Waals surface area (Å²) in [4.78, 5) is 35.7. The predicted molar refractivity (Wildman–Crippen MR) is 137 cm³/mol. The van der Waals surface area contributed by atoms with Gasteiger partial charge in [-0.2, -0.15) is 0 Å². The number of aryl methyl sites for hydroxylation is 2. The highest BCUT2D eigenvalue weighted by Crippen LogP contribution is 2.32. The van der Waals surface area contributed by atoms with Crippen LogP contribution >= 0.6 is 0 Å². The van der Waals surface area contributed by atoms with Crippen LogP contribution in [0.15, 0.2) is 48.8 Å². The average molecular weight is 493 g/mol. The molecule has 0 radical (unpaired) electrons. The molecule has 0 saturated carbocycles. The smallest absolute Gasteiger partial charge is 0.337 e. The van der Waals surface area contributed by atoms with Crippen molar-refractivity contribution in [3.05, 3.63) is 82.2 Å².